The van der Waals surface area contributed by atoms with Crippen molar-refractivity contribution in [1.82, 2.24) is 4.98 Å². The van der Waals surface area contributed by atoms with Crippen molar-refractivity contribution in [3.8, 4) is 11.5 Å². The van der Waals surface area contributed by atoms with Gasteiger partial charge in [-0.2, -0.15) is 0 Å². The molecular weight excluding hydrogens is 376 g/mol. The summed E-state index contributed by atoms with van der Waals surface area (Å²) >= 11 is 1.52. The number of Topliss-reactive ketones (excluding diaryl/α,β-unsaturated/α-hetero) is 1. The summed E-state index contributed by atoms with van der Waals surface area (Å²) in [5, 5.41) is 3.88. The van der Waals surface area contributed by atoms with Gasteiger partial charge in [0.15, 0.2) is 16.7 Å². The minimum atomic E-state index is -0.276. The maximum absolute atomic E-state index is 13.0. The number of ketones is 2. The Labute approximate surface area is 165 Å². The molecule has 142 valence electrons. The third kappa shape index (κ3) is 2.93. The number of ether oxygens (including phenoxy) is 2. The number of aromatic nitrogens is 1. The smallest absolute Gasteiger partial charge is 0.195 e. The van der Waals surface area contributed by atoms with E-state index in [0.717, 1.165) is 15.8 Å². The van der Waals surface area contributed by atoms with Gasteiger partial charge >= 0.3 is 0 Å². The zero-order valence-corrected chi connectivity index (χ0v) is 16.5. The summed E-state index contributed by atoms with van der Waals surface area (Å²) < 4.78 is 11.7. The van der Waals surface area contributed by atoms with Crippen LogP contribution in [0.5, 0.6) is 11.5 Å². The van der Waals surface area contributed by atoms with Crippen LogP contribution in [0.4, 0.5) is 5.13 Å². The third-order valence-corrected chi connectivity index (χ3v) is 5.85. The SMILES string of the molecule is COc1ccc(OC)c2c1C(=O)C=C(CNc1nc3cccc(C)c3s1)C2=O. The molecule has 28 heavy (non-hydrogen) atoms. The first-order chi connectivity index (χ1) is 13.5. The lowest BCUT2D eigenvalue weighted by Gasteiger charge is -2.20. The van der Waals surface area contributed by atoms with Crippen LogP contribution in [0.2, 0.25) is 0 Å². The van der Waals surface area contributed by atoms with E-state index in [0.29, 0.717) is 22.2 Å². The number of benzene rings is 2. The second-order valence-electron chi connectivity index (χ2n) is 6.38. The molecule has 0 unspecified atom stereocenters. The Morgan fingerprint density at radius 3 is 2.43 bits per heavy atom. The number of hydrogen-bond donors (Lipinski definition) is 1. The van der Waals surface area contributed by atoms with Crippen molar-refractivity contribution >= 4 is 38.3 Å². The average Bonchev–Trinajstić information content (AvgIpc) is 3.13. The van der Waals surface area contributed by atoms with Gasteiger partial charge in [-0.1, -0.05) is 23.5 Å². The van der Waals surface area contributed by atoms with E-state index in [1.54, 1.807) is 12.1 Å². The molecule has 0 fully saturated rings. The van der Waals surface area contributed by atoms with Crippen LogP contribution in [0.25, 0.3) is 10.2 Å². The molecule has 0 saturated carbocycles. The van der Waals surface area contributed by atoms with Crippen LogP contribution < -0.4 is 14.8 Å². The Hall–Kier alpha value is -3.19. The number of nitrogens with one attached hydrogen (secondary N) is 1. The number of anilines is 1. The number of hydrogen-bond acceptors (Lipinski definition) is 7. The Balaban J connectivity index is 1.64. The number of carbonyl (C=O) groups is 2. The molecule has 4 rings (SSSR count). The molecule has 1 N–H and O–H groups in total. The molecule has 0 atom stereocenters. The average molecular weight is 394 g/mol. The number of rotatable bonds is 5. The minimum Gasteiger partial charge on any atom is -0.496 e. The van der Waals surface area contributed by atoms with Gasteiger partial charge in [0.2, 0.25) is 0 Å². The molecule has 2 aromatic carbocycles. The fourth-order valence-corrected chi connectivity index (χ4v) is 4.22. The zero-order valence-electron chi connectivity index (χ0n) is 15.7. The van der Waals surface area contributed by atoms with E-state index in [-0.39, 0.29) is 29.2 Å². The number of thiazole rings is 1. The summed E-state index contributed by atoms with van der Waals surface area (Å²) in [4.78, 5) is 30.3. The van der Waals surface area contributed by atoms with E-state index >= 15 is 0 Å². The first kappa shape index (κ1) is 18.2. The van der Waals surface area contributed by atoms with Gasteiger partial charge in [-0.25, -0.2) is 4.98 Å². The van der Waals surface area contributed by atoms with E-state index in [4.69, 9.17) is 9.47 Å². The molecule has 1 aromatic heterocycles. The van der Waals surface area contributed by atoms with Crippen molar-refractivity contribution < 1.29 is 19.1 Å². The lowest BCUT2D eigenvalue weighted by Crippen LogP contribution is -2.23. The molecule has 6 nitrogen and oxygen atoms in total. The van der Waals surface area contributed by atoms with Gasteiger partial charge < -0.3 is 14.8 Å². The maximum Gasteiger partial charge on any atom is 0.195 e. The Bertz CT molecular complexity index is 1150. The molecule has 0 spiro atoms. The fraction of sp³-hybridized carbons (Fsp3) is 0.190. The van der Waals surface area contributed by atoms with E-state index in [1.807, 2.05) is 25.1 Å². The molecule has 7 heteroatoms. The summed E-state index contributed by atoms with van der Waals surface area (Å²) in [7, 11) is 2.94. The predicted octanol–water partition coefficient (Wildman–Crippen LogP) is 4.04. The van der Waals surface area contributed by atoms with Crippen LogP contribution >= 0.6 is 11.3 Å². The molecule has 0 amide bonds. The largest absolute Gasteiger partial charge is 0.496 e. The van der Waals surface area contributed by atoms with Crippen molar-refractivity contribution in [2.24, 2.45) is 0 Å². The summed E-state index contributed by atoms with van der Waals surface area (Å²) in [5.41, 5.74) is 2.90. The first-order valence-electron chi connectivity index (χ1n) is 8.68. The predicted molar refractivity (Wildman–Crippen MR) is 109 cm³/mol. The highest BCUT2D eigenvalue weighted by Crippen LogP contribution is 2.36. The zero-order chi connectivity index (χ0) is 19.8. The summed E-state index contributed by atoms with van der Waals surface area (Å²) in [6.07, 6.45) is 1.36. The number of nitrogens with zero attached hydrogens (tertiary/aromatic N) is 1. The van der Waals surface area contributed by atoms with Gasteiger partial charge in [0.05, 0.1) is 35.6 Å². The molecule has 0 aliphatic heterocycles. The Kier molecular flexibility index (Phi) is 4.60. The van der Waals surface area contributed by atoms with Crippen LogP contribution in [0.3, 0.4) is 0 Å². The van der Waals surface area contributed by atoms with E-state index in [1.165, 1.54) is 31.6 Å². The molecule has 0 radical (unpaired) electrons. The van der Waals surface area contributed by atoms with Crippen molar-refractivity contribution in [2.45, 2.75) is 6.92 Å². The van der Waals surface area contributed by atoms with E-state index in [2.05, 4.69) is 10.3 Å². The van der Waals surface area contributed by atoms with Crippen molar-refractivity contribution in [3.63, 3.8) is 0 Å². The van der Waals surface area contributed by atoms with Crippen LogP contribution in [0.15, 0.2) is 42.0 Å². The number of allylic oxidation sites excluding steroid dienone is 1. The standard InChI is InChI=1S/C21H18N2O4S/c1-11-5-4-6-13-20(11)28-21(23-13)22-10-12-9-14(24)17-15(26-2)7-8-16(27-3)18(17)19(12)25/h4-9H,10H2,1-3H3,(H,22,23). The van der Waals surface area contributed by atoms with Gasteiger partial charge in [0, 0.05) is 12.1 Å². The topological polar surface area (TPSA) is 77.5 Å². The van der Waals surface area contributed by atoms with E-state index in [9.17, 15) is 9.59 Å². The monoisotopic (exact) mass is 394 g/mol. The van der Waals surface area contributed by atoms with Crippen molar-refractivity contribution in [1.29, 1.82) is 0 Å². The second kappa shape index (κ2) is 7.09. The Morgan fingerprint density at radius 1 is 1.04 bits per heavy atom. The maximum atomic E-state index is 13.0. The van der Waals surface area contributed by atoms with Gasteiger partial charge in [0.1, 0.15) is 11.5 Å². The number of aryl methyl sites for hydroxylation is 1. The summed E-state index contributed by atoms with van der Waals surface area (Å²) in [6.45, 7) is 2.23. The first-order valence-corrected chi connectivity index (χ1v) is 9.49. The van der Waals surface area contributed by atoms with Gasteiger partial charge in [-0.3, -0.25) is 9.59 Å². The van der Waals surface area contributed by atoms with Crippen LogP contribution in [0.1, 0.15) is 26.3 Å². The lowest BCUT2D eigenvalue weighted by molar-refractivity contribution is 0.0978. The third-order valence-electron chi connectivity index (χ3n) is 4.68. The second-order valence-corrected chi connectivity index (χ2v) is 7.38. The Morgan fingerprint density at radius 2 is 1.75 bits per heavy atom. The van der Waals surface area contributed by atoms with Gasteiger partial charge in [-0.15, -0.1) is 0 Å². The number of carbonyl (C=O) groups excluding carboxylic acids is 2. The quantitative estimate of drug-likeness (QED) is 0.704. The molecule has 1 heterocycles. The number of methoxy groups -OCH3 is 2. The highest BCUT2D eigenvalue weighted by Gasteiger charge is 2.31. The van der Waals surface area contributed by atoms with Crippen LogP contribution in [-0.4, -0.2) is 37.3 Å². The molecule has 0 saturated heterocycles. The van der Waals surface area contributed by atoms with Gasteiger partial charge in [-0.05, 0) is 36.8 Å². The summed E-state index contributed by atoms with van der Waals surface area (Å²) in [6, 6.07) is 9.21. The lowest BCUT2D eigenvalue weighted by atomic mass is 9.88. The molecule has 0 bridgehead atoms. The summed E-state index contributed by atoms with van der Waals surface area (Å²) in [5.74, 6) is 0.187. The molecule has 1 aliphatic rings. The van der Waals surface area contributed by atoms with Crippen molar-refractivity contribution in [2.75, 3.05) is 26.1 Å². The van der Waals surface area contributed by atoms with Crippen LogP contribution in [-0.2, 0) is 0 Å². The van der Waals surface area contributed by atoms with Crippen molar-refractivity contribution in [3.05, 3.63) is 58.7 Å². The molecule has 1 aliphatic carbocycles. The minimum absolute atomic E-state index is 0.198. The molecular formula is C21H18N2O4S. The van der Waals surface area contributed by atoms with E-state index < -0.39 is 0 Å². The highest BCUT2D eigenvalue weighted by molar-refractivity contribution is 7.22. The molecule has 3 aromatic rings. The van der Waals surface area contributed by atoms with Gasteiger partial charge in [0.25, 0.3) is 0 Å². The highest BCUT2D eigenvalue weighted by atomic mass is 32.1. The number of fused-ring (bicyclic) bond motifs is 2. The van der Waals surface area contributed by atoms with Crippen LogP contribution in [0, 0.1) is 6.92 Å². The fourth-order valence-electron chi connectivity index (χ4n) is 3.30. The normalized spacial score (nSPS) is 13.3.